The Morgan fingerprint density at radius 3 is 1.90 bits per heavy atom. The topological polar surface area (TPSA) is 71.5 Å². The number of hydrogen-bond donors (Lipinski definition) is 0. The summed E-state index contributed by atoms with van der Waals surface area (Å²) in [6.07, 6.45) is 0. The molecule has 0 aromatic heterocycles. The molecule has 0 aliphatic carbocycles. The highest BCUT2D eigenvalue weighted by atomic mass is 35.5. The molecular weight excluding hydrogens is 465 g/mol. The molecule has 4 rings (SSSR count). The summed E-state index contributed by atoms with van der Waals surface area (Å²) in [5.41, 5.74) is 1.72. The number of sulfone groups is 1. The molecule has 0 spiro atoms. The second-order valence-electron chi connectivity index (χ2n) is 6.98. The van der Waals surface area contributed by atoms with Crippen molar-refractivity contribution in [2.24, 2.45) is 0 Å². The highest BCUT2D eigenvalue weighted by molar-refractivity contribution is 7.92. The SMILES string of the molecule is O=S(=O)(c1ccc(Cl)cc1)C1CN(S(=O)(=O)c2ccc(-c3cccc(Cl)c3)cc2)C1. The largest absolute Gasteiger partial charge is 0.243 e. The van der Waals surface area contributed by atoms with Crippen LogP contribution in [0.25, 0.3) is 11.1 Å². The summed E-state index contributed by atoms with van der Waals surface area (Å²) in [4.78, 5) is 0.260. The van der Waals surface area contributed by atoms with Crippen molar-refractivity contribution in [2.75, 3.05) is 13.1 Å². The molecule has 3 aromatic rings. The molecular formula is C21H17Cl2NO4S2. The van der Waals surface area contributed by atoms with Gasteiger partial charge in [-0.15, -0.1) is 0 Å². The summed E-state index contributed by atoms with van der Waals surface area (Å²) < 4.78 is 52.3. The molecule has 0 atom stereocenters. The number of halogens is 2. The summed E-state index contributed by atoms with van der Waals surface area (Å²) in [5, 5.41) is 0.255. The lowest BCUT2D eigenvalue weighted by Crippen LogP contribution is -2.56. The zero-order valence-corrected chi connectivity index (χ0v) is 18.7. The molecule has 9 heteroatoms. The van der Waals surface area contributed by atoms with Crippen molar-refractivity contribution >= 4 is 43.1 Å². The van der Waals surface area contributed by atoms with Crippen LogP contribution in [0, 0.1) is 0 Å². The van der Waals surface area contributed by atoms with Gasteiger partial charge in [-0.1, -0.05) is 47.5 Å². The molecule has 156 valence electrons. The van der Waals surface area contributed by atoms with Gasteiger partial charge in [0.2, 0.25) is 10.0 Å². The predicted octanol–water partition coefficient (Wildman–Crippen LogP) is 4.51. The fourth-order valence-corrected chi connectivity index (χ4v) is 6.93. The minimum Gasteiger partial charge on any atom is -0.223 e. The van der Waals surface area contributed by atoms with E-state index in [1.54, 1.807) is 24.3 Å². The molecule has 5 nitrogen and oxygen atoms in total. The maximum Gasteiger partial charge on any atom is 0.243 e. The Hall–Kier alpha value is -1.90. The summed E-state index contributed by atoms with van der Waals surface area (Å²) in [6.45, 7) is -0.160. The van der Waals surface area contributed by atoms with E-state index in [-0.39, 0.29) is 22.9 Å². The van der Waals surface area contributed by atoms with Crippen molar-refractivity contribution in [3.05, 3.63) is 82.8 Å². The van der Waals surface area contributed by atoms with Gasteiger partial charge in [0, 0.05) is 23.1 Å². The van der Waals surface area contributed by atoms with Crippen LogP contribution < -0.4 is 0 Å². The molecule has 1 saturated heterocycles. The normalized spacial score (nSPS) is 15.7. The van der Waals surface area contributed by atoms with Crippen molar-refractivity contribution in [3.63, 3.8) is 0 Å². The molecule has 3 aromatic carbocycles. The first-order valence-electron chi connectivity index (χ1n) is 9.03. The van der Waals surface area contributed by atoms with Crippen molar-refractivity contribution < 1.29 is 16.8 Å². The summed E-state index contributed by atoms with van der Waals surface area (Å²) in [7, 11) is -7.39. The third kappa shape index (κ3) is 4.00. The molecule has 0 unspecified atom stereocenters. The minimum atomic E-state index is -3.77. The zero-order valence-electron chi connectivity index (χ0n) is 15.6. The van der Waals surface area contributed by atoms with Crippen LogP contribution in [-0.2, 0) is 19.9 Å². The Labute approximate surface area is 185 Å². The smallest absolute Gasteiger partial charge is 0.223 e. The van der Waals surface area contributed by atoms with Crippen LogP contribution in [0.15, 0.2) is 82.6 Å². The lowest BCUT2D eigenvalue weighted by molar-refractivity contribution is 0.309. The predicted molar refractivity (Wildman–Crippen MR) is 118 cm³/mol. The Bertz CT molecular complexity index is 1280. The molecule has 0 N–H and O–H groups in total. The Balaban J connectivity index is 1.49. The van der Waals surface area contributed by atoms with E-state index >= 15 is 0 Å². The maximum atomic E-state index is 12.9. The zero-order chi connectivity index (χ0) is 21.5. The van der Waals surface area contributed by atoms with Crippen molar-refractivity contribution in [1.29, 1.82) is 0 Å². The lowest BCUT2D eigenvalue weighted by Gasteiger charge is -2.37. The standard InChI is InChI=1S/C21H17Cl2NO4S2/c22-17-6-10-19(11-7-17)29(25,26)21-13-24(14-21)30(27,28)20-8-4-15(5-9-20)16-2-1-3-18(23)12-16/h1-12,21H,13-14H2. The fraction of sp³-hybridized carbons (Fsp3) is 0.143. The van der Waals surface area contributed by atoms with E-state index < -0.39 is 25.1 Å². The van der Waals surface area contributed by atoms with Crippen LogP contribution in [0.5, 0.6) is 0 Å². The molecule has 1 aliphatic rings. The van der Waals surface area contributed by atoms with E-state index in [4.69, 9.17) is 23.2 Å². The van der Waals surface area contributed by atoms with Gasteiger partial charge >= 0.3 is 0 Å². The first-order chi connectivity index (χ1) is 14.2. The number of hydrogen-bond acceptors (Lipinski definition) is 4. The average molecular weight is 482 g/mol. The van der Waals surface area contributed by atoms with E-state index in [1.807, 2.05) is 12.1 Å². The van der Waals surface area contributed by atoms with E-state index in [0.29, 0.717) is 10.0 Å². The molecule has 1 heterocycles. The summed E-state index contributed by atoms with van der Waals surface area (Å²) >= 11 is 11.8. The third-order valence-electron chi connectivity index (χ3n) is 5.05. The number of rotatable bonds is 5. The van der Waals surface area contributed by atoms with Gasteiger partial charge in [0.1, 0.15) is 0 Å². The quantitative estimate of drug-likeness (QED) is 0.537. The lowest BCUT2D eigenvalue weighted by atomic mass is 10.1. The van der Waals surface area contributed by atoms with Gasteiger partial charge < -0.3 is 0 Å². The monoisotopic (exact) mass is 481 g/mol. The minimum absolute atomic E-state index is 0.0800. The first-order valence-corrected chi connectivity index (χ1v) is 12.8. The van der Waals surface area contributed by atoms with Crippen molar-refractivity contribution in [1.82, 2.24) is 4.31 Å². The van der Waals surface area contributed by atoms with Crippen molar-refractivity contribution in [3.8, 4) is 11.1 Å². The van der Waals surface area contributed by atoms with Gasteiger partial charge in [0.15, 0.2) is 9.84 Å². The number of benzene rings is 3. The Morgan fingerprint density at radius 1 is 0.700 bits per heavy atom. The van der Waals surface area contributed by atoms with Gasteiger partial charge in [-0.3, -0.25) is 0 Å². The molecule has 1 aliphatic heterocycles. The van der Waals surface area contributed by atoms with E-state index in [1.165, 1.54) is 40.7 Å². The molecule has 0 amide bonds. The highest BCUT2D eigenvalue weighted by Gasteiger charge is 2.44. The molecule has 0 saturated carbocycles. The highest BCUT2D eigenvalue weighted by Crippen LogP contribution is 2.30. The van der Waals surface area contributed by atoms with Gasteiger partial charge in [-0.05, 0) is 59.7 Å². The van der Waals surface area contributed by atoms with Crippen LogP contribution in [0.2, 0.25) is 10.0 Å². The Kier molecular flexibility index (Phi) is 5.67. The molecule has 30 heavy (non-hydrogen) atoms. The second-order valence-corrected chi connectivity index (χ2v) is 12.0. The first kappa shape index (κ1) is 21.3. The number of nitrogens with zero attached hydrogens (tertiary/aromatic N) is 1. The van der Waals surface area contributed by atoms with Gasteiger partial charge in [0.05, 0.1) is 15.0 Å². The summed E-state index contributed by atoms with van der Waals surface area (Å²) in [6, 6.07) is 19.6. The second kappa shape index (κ2) is 7.98. The van der Waals surface area contributed by atoms with Gasteiger partial charge in [0.25, 0.3) is 0 Å². The number of sulfonamides is 1. The van der Waals surface area contributed by atoms with E-state index in [0.717, 1.165) is 11.1 Å². The summed E-state index contributed by atoms with van der Waals surface area (Å²) in [5.74, 6) is 0. The average Bonchev–Trinajstić information content (AvgIpc) is 2.67. The van der Waals surface area contributed by atoms with E-state index in [2.05, 4.69) is 0 Å². The van der Waals surface area contributed by atoms with E-state index in [9.17, 15) is 16.8 Å². The Morgan fingerprint density at radius 2 is 1.30 bits per heavy atom. The van der Waals surface area contributed by atoms with Crippen LogP contribution >= 0.6 is 23.2 Å². The third-order valence-corrected chi connectivity index (χ3v) is 9.48. The van der Waals surface area contributed by atoms with Crippen LogP contribution in [-0.4, -0.2) is 39.5 Å². The molecule has 0 radical (unpaired) electrons. The molecule has 1 fully saturated rings. The molecule has 0 bridgehead atoms. The van der Waals surface area contributed by atoms with Crippen LogP contribution in [0.3, 0.4) is 0 Å². The van der Waals surface area contributed by atoms with Gasteiger partial charge in [-0.2, -0.15) is 4.31 Å². The van der Waals surface area contributed by atoms with Crippen molar-refractivity contribution in [2.45, 2.75) is 15.0 Å². The fourth-order valence-electron chi connectivity index (χ4n) is 3.25. The van der Waals surface area contributed by atoms with Gasteiger partial charge in [-0.25, -0.2) is 16.8 Å². The maximum absolute atomic E-state index is 12.9. The van der Waals surface area contributed by atoms with Crippen LogP contribution in [0.1, 0.15) is 0 Å². The van der Waals surface area contributed by atoms with Crippen LogP contribution in [0.4, 0.5) is 0 Å².